The van der Waals surface area contributed by atoms with Gasteiger partial charge in [-0.3, -0.25) is 9.59 Å². The number of amides is 2. The maximum absolute atomic E-state index is 12.7. The third kappa shape index (κ3) is 3.95. The topological polar surface area (TPSA) is 75.4 Å². The molecule has 1 saturated heterocycles. The van der Waals surface area contributed by atoms with Gasteiger partial charge in [-0.1, -0.05) is 18.2 Å². The Hall–Kier alpha value is -1.89. The van der Waals surface area contributed by atoms with Crippen molar-refractivity contribution in [1.82, 2.24) is 4.90 Å². The van der Waals surface area contributed by atoms with E-state index >= 15 is 0 Å². The Kier molecular flexibility index (Phi) is 6.36. The summed E-state index contributed by atoms with van der Waals surface area (Å²) in [6, 6.07) is 10.7. The smallest absolute Gasteiger partial charge is 0.265 e. The number of thiophene rings is 1. The van der Waals surface area contributed by atoms with E-state index in [0.717, 1.165) is 6.42 Å². The number of carbonyl (C=O) groups is 2. The fourth-order valence-corrected chi connectivity index (χ4v) is 3.37. The summed E-state index contributed by atoms with van der Waals surface area (Å²) in [7, 11) is 0. The number of anilines is 1. The number of halogens is 1. The van der Waals surface area contributed by atoms with Crippen LogP contribution in [0.15, 0.2) is 41.8 Å². The molecule has 1 aliphatic rings. The predicted molar refractivity (Wildman–Crippen MR) is 99.0 cm³/mol. The molecular formula is C17H20ClN3O2S. The van der Waals surface area contributed by atoms with E-state index in [4.69, 9.17) is 5.73 Å². The molecule has 1 atom stereocenters. The summed E-state index contributed by atoms with van der Waals surface area (Å²) in [6.07, 6.45) is 0.936. The van der Waals surface area contributed by atoms with Crippen LogP contribution in [0.5, 0.6) is 0 Å². The predicted octanol–water partition coefficient (Wildman–Crippen LogP) is 2.84. The lowest BCUT2D eigenvalue weighted by Crippen LogP contribution is -2.30. The summed E-state index contributed by atoms with van der Waals surface area (Å²) in [5.74, 6) is 0.122. The molecule has 1 aromatic heterocycles. The summed E-state index contributed by atoms with van der Waals surface area (Å²) in [5.41, 5.74) is 6.76. The van der Waals surface area contributed by atoms with Crippen LogP contribution >= 0.6 is 23.7 Å². The molecule has 2 heterocycles. The second-order valence-electron chi connectivity index (χ2n) is 5.62. The molecule has 1 fully saturated rings. The highest BCUT2D eigenvalue weighted by atomic mass is 35.5. The lowest BCUT2D eigenvalue weighted by Gasteiger charge is -2.18. The molecule has 1 aromatic carbocycles. The summed E-state index contributed by atoms with van der Waals surface area (Å²) < 4.78 is 0. The third-order valence-electron chi connectivity index (χ3n) is 4.06. The van der Waals surface area contributed by atoms with Gasteiger partial charge < -0.3 is 16.0 Å². The van der Waals surface area contributed by atoms with E-state index in [-0.39, 0.29) is 24.2 Å². The Morgan fingerprint density at radius 2 is 2.04 bits per heavy atom. The molecule has 3 rings (SSSR count). The van der Waals surface area contributed by atoms with Crippen molar-refractivity contribution >= 4 is 41.2 Å². The molecule has 0 saturated carbocycles. The van der Waals surface area contributed by atoms with Gasteiger partial charge in [-0.05, 0) is 42.5 Å². The number of hydrogen-bond acceptors (Lipinski definition) is 4. The molecule has 0 spiro atoms. The van der Waals surface area contributed by atoms with Gasteiger partial charge in [0.2, 0.25) is 0 Å². The minimum atomic E-state index is -0.193. The second-order valence-corrected chi connectivity index (χ2v) is 6.57. The summed E-state index contributed by atoms with van der Waals surface area (Å²) in [6.45, 7) is 2.00. The van der Waals surface area contributed by atoms with Crippen molar-refractivity contribution in [3.05, 3.63) is 52.2 Å². The van der Waals surface area contributed by atoms with Gasteiger partial charge in [-0.2, -0.15) is 0 Å². The molecule has 2 amide bonds. The van der Waals surface area contributed by atoms with Crippen LogP contribution in [0, 0.1) is 5.92 Å². The standard InChI is InChI=1S/C17H19N3O2S.ClH/c18-10-12-7-8-20(11-12)17(22)13-4-1-2-5-14(13)19-16(21)15-6-3-9-23-15;/h1-6,9,12H,7-8,10-11,18H2,(H,19,21);1H. The SMILES string of the molecule is Cl.NCC1CCN(C(=O)c2ccccc2NC(=O)c2cccs2)C1. The molecule has 24 heavy (non-hydrogen) atoms. The summed E-state index contributed by atoms with van der Waals surface area (Å²) in [4.78, 5) is 27.4. The number of rotatable bonds is 4. The monoisotopic (exact) mass is 365 g/mol. The van der Waals surface area contributed by atoms with Gasteiger partial charge in [0.15, 0.2) is 0 Å². The van der Waals surface area contributed by atoms with Gasteiger partial charge >= 0.3 is 0 Å². The van der Waals surface area contributed by atoms with Gasteiger partial charge in [0.05, 0.1) is 16.1 Å². The minimum Gasteiger partial charge on any atom is -0.338 e. The number of benzene rings is 1. The Morgan fingerprint density at radius 3 is 2.71 bits per heavy atom. The number of nitrogens with zero attached hydrogens (tertiary/aromatic N) is 1. The maximum atomic E-state index is 12.7. The Bertz CT molecular complexity index is 706. The number of hydrogen-bond donors (Lipinski definition) is 2. The van der Waals surface area contributed by atoms with E-state index in [9.17, 15) is 9.59 Å². The van der Waals surface area contributed by atoms with Crippen LogP contribution in [0.4, 0.5) is 5.69 Å². The van der Waals surface area contributed by atoms with Crippen LogP contribution in [-0.2, 0) is 0 Å². The molecular weight excluding hydrogens is 346 g/mol. The largest absolute Gasteiger partial charge is 0.338 e. The molecule has 0 radical (unpaired) electrons. The molecule has 0 bridgehead atoms. The lowest BCUT2D eigenvalue weighted by molar-refractivity contribution is 0.0788. The zero-order valence-electron chi connectivity index (χ0n) is 13.1. The van der Waals surface area contributed by atoms with Crippen LogP contribution in [0.3, 0.4) is 0 Å². The number of nitrogens with two attached hydrogens (primary N) is 1. The van der Waals surface area contributed by atoms with Crippen molar-refractivity contribution in [3.8, 4) is 0 Å². The van der Waals surface area contributed by atoms with Crippen LogP contribution in [-0.4, -0.2) is 36.3 Å². The molecule has 128 valence electrons. The van der Waals surface area contributed by atoms with E-state index in [1.165, 1.54) is 11.3 Å². The minimum absolute atomic E-state index is 0. The van der Waals surface area contributed by atoms with Crippen molar-refractivity contribution in [1.29, 1.82) is 0 Å². The number of nitrogens with one attached hydrogen (secondary N) is 1. The Morgan fingerprint density at radius 1 is 1.25 bits per heavy atom. The number of likely N-dealkylation sites (tertiary alicyclic amines) is 1. The van der Waals surface area contributed by atoms with Gasteiger partial charge in [0.1, 0.15) is 0 Å². The average Bonchev–Trinajstić information content (AvgIpc) is 3.26. The first-order chi connectivity index (χ1) is 11.2. The fourth-order valence-electron chi connectivity index (χ4n) is 2.75. The van der Waals surface area contributed by atoms with Gasteiger partial charge in [0.25, 0.3) is 11.8 Å². The fraction of sp³-hybridized carbons (Fsp3) is 0.294. The molecule has 2 aromatic rings. The molecule has 1 unspecified atom stereocenters. The first-order valence-corrected chi connectivity index (χ1v) is 8.50. The van der Waals surface area contributed by atoms with Crippen molar-refractivity contribution in [2.75, 3.05) is 25.0 Å². The first-order valence-electron chi connectivity index (χ1n) is 7.62. The Balaban J connectivity index is 0.00000208. The van der Waals surface area contributed by atoms with Crippen LogP contribution < -0.4 is 11.1 Å². The molecule has 1 aliphatic heterocycles. The molecule has 7 heteroatoms. The van der Waals surface area contributed by atoms with Crippen molar-refractivity contribution in [3.63, 3.8) is 0 Å². The van der Waals surface area contributed by atoms with Gasteiger partial charge in [0, 0.05) is 13.1 Å². The highest BCUT2D eigenvalue weighted by molar-refractivity contribution is 7.12. The first kappa shape index (κ1) is 18.4. The number of para-hydroxylation sites is 1. The van der Waals surface area contributed by atoms with Gasteiger partial charge in [-0.15, -0.1) is 23.7 Å². The highest BCUT2D eigenvalue weighted by Gasteiger charge is 2.27. The van der Waals surface area contributed by atoms with E-state index in [0.29, 0.717) is 41.7 Å². The molecule has 3 N–H and O–H groups in total. The second kappa shape index (κ2) is 8.28. The normalized spacial score (nSPS) is 16.5. The summed E-state index contributed by atoms with van der Waals surface area (Å²) >= 11 is 1.37. The average molecular weight is 366 g/mol. The summed E-state index contributed by atoms with van der Waals surface area (Å²) in [5, 5.41) is 4.69. The maximum Gasteiger partial charge on any atom is 0.265 e. The van der Waals surface area contributed by atoms with E-state index in [1.54, 1.807) is 18.2 Å². The highest BCUT2D eigenvalue weighted by Crippen LogP contribution is 2.23. The van der Waals surface area contributed by atoms with E-state index in [2.05, 4.69) is 5.32 Å². The zero-order valence-corrected chi connectivity index (χ0v) is 14.7. The third-order valence-corrected chi connectivity index (χ3v) is 4.93. The van der Waals surface area contributed by atoms with Crippen molar-refractivity contribution in [2.24, 2.45) is 11.7 Å². The zero-order chi connectivity index (χ0) is 16.2. The van der Waals surface area contributed by atoms with Crippen molar-refractivity contribution in [2.45, 2.75) is 6.42 Å². The van der Waals surface area contributed by atoms with E-state index < -0.39 is 0 Å². The quantitative estimate of drug-likeness (QED) is 0.874. The van der Waals surface area contributed by atoms with Crippen LogP contribution in [0.25, 0.3) is 0 Å². The van der Waals surface area contributed by atoms with E-state index in [1.807, 2.05) is 28.5 Å². The van der Waals surface area contributed by atoms with Crippen LogP contribution in [0.2, 0.25) is 0 Å². The molecule has 0 aliphatic carbocycles. The number of carbonyl (C=O) groups excluding carboxylic acids is 2. The Labute approximate surface area is 151 Å². The molecule has 5 nitrogen and oxygen atoms in total. The lowest BCUT2D eigenvalue weighted by atomic mass is 10.1. The van der Waals surface area contributed by atoms with Crippen LogP contribution in [0.1, 0.15) is 26.5 Å². The van der Waals surface area contributed by atoms with Crippen molar-refractivity contribution < 1.29 is 9.59 Å². The van der Waals surface area contributed by atoms with Gasteiger partial charge in [-0.25, -0.2) is 0 Å².